The van der Waals surface area contributed by atoms with E-state index in [9.17, 15) is 9.00 Å². The van der Waals surface area contributed by atoms with Crippen LogP contribution in [-0.4, -0.2) is 49.4 Å². The van der Waals surface area contributed by atoms with Crippen LogP contribution in [0.15, 0.2) is 42.6 Å². The van der Waals surface area contributed by atoms with Gasteiger partial charge in [-0.3, -0.25) is 9.00 Å². The second-order valence-electron chi connectivity index (χ2n) is 5.63. The number of para-hydroxylation sites is 1. The molecule has 2 heterocycles. The quantitative estimate of drug-likeness (QED) is 0.847. The molecule has 1 amide bonds. The van der Waals surface area contributed by atoms with E-state index in [2.05, 4.69) is 5.10 Å². The Balaban J connectivity index is 1.87. The fourth-order valence-electron chi connectivity index (χ4n) is 2.72. The topological polar surface area (TPSA) is 55.2 Å². The molecule has 0 N–H and O–H groups in total. The Kier molecular flexibility index (Phi) is 4.38. The van der Waals surface area contributed by atoms with Crippen molar-refractivity contribution in [1.29, 1.82) is 0 Å². The summed E-state index contributed by atoms with van der Waals surface area (Å²) in [5.74, 6) is 1.42. The van der Waals surface area contributed by atoms with Crippen LogP contribution in [0, 0.1) is 5.92 Å². The van der Waals surface area contributed by atoms with E-state index < -0.39 is 10.8 Å². The first kappa shape index (κ1) is 15.0. The number of benzene rings is 1. The molecule has 1 aromatic heterocycles. The minimum atomic E-state index is -0.829. The van der Waals surface area contributed by atoms with Gasteiger partial charge < -0.3 is 4.90 Å². The van der Waals surface area contributed by atoms with E-state index >= 15 is 0 Å². The molecule has 0 radical (unpaired) electrons. The zero-order chi connectivity index (χ0) is 15.5. The lowest BCUT2D eigenvalue weighted by Crippen LogP contribution is -2.36. The van der Waals surface area contributed by atoms with E-state index in [4.69, 9.17) is 0 Å². The number of carbonyl (C=O) groups excluding carboxylic acids is 1. The predicted molar refractivity (Wildman–Crippen MR) is 86.5 cm³/mol. The van der Waals surface area contributed by atoms with Gasteiger partial charge in [-0.1, -0.05) is 25.1 Å². The van der Waals surface area contributed by atoms with Crippen molar-refractivity contribution in [2.75, 3.05) is 24.6 Å². The Labute approximate surface area is 132 Å². The summed E-state index contributed by atoms with van der Waals surface area (Å²) >= 11 is 0. The predicted octanol–water partition coefficient (Wildman–Crippen LogP) is 1.71. The number of hydrogen-bond acceptors (Lipinski definition) is 3. The van der Waals surface area contributed by atoms with Gasteiger partial charge in [0.1, 0.15) is 5.69 Å². The highest BCUT2D eigenvalue weighted by atomic mass is 32.2. The van der Waals surface area contributed by atoms with Crippen LogP contribution in [0.2, 0.25) is 0 Å². The molecule has 116 valence electrons. The van der Waals surface area contributed by atoms with E-state index in [0.717, 1.165) is 5.69 Å². The molecular formula is C16H19N3O2S. The Morgan fingerprint density at radius 2 is 2.05 bits per heavy atom. The van der Waals surface area contributed by atoms with Gasteiger partial charge in [-0.15, -0.1) is 0 Å². The number of nitrogens with zero attached hydrogens (tertiary/aromatic N) is 3. The van der Waals surface area contributed by atoms with Crippen molar-refractivity contribution >= 4 is 16.7 Å². The van der Waals surface area contributed by atoms with Crippen molar-refractivity contribution in [2.45, 2.75) is 6.92 Å². The van der Waals surface area contributed by atoms with Crippen molar-refractivity contribution in [3.63, 3.8) is 0 Å². The van der Waals surface area contributed by atoms with Gasteiger partial charge in [-0.2, -0.15) is 5.10 Å². The lowest BCUT2D eigenvalue weighted by Gasteiger charge is -2.22. The molecule has 1 saturated heterocycles. The second-order valence-corrected chi connectivity index (χ2v) is 7.25. The minimum Gasteiger partial charge on any atom is -0.336 e. The molecule has 6 heteroatoms. The molecule has 22 heavy (non-hydrogen) atoms. The number of hydrogen-bond donors (Lipinski definition) is 0. The van der Waals surface area contributed by atoms with E-state index in [1.54, 1.807) is 21.8 Å². The molecule has 1 fully saturated rings. The molecule has 3 rings (SSSR count). The fraction of sp³-hybridized carbons (Fsp3) is 0.375. The first-order valence-corrected chi connectivity index (χ1v) is 8.87. The second kappa shape index (κ2) is 6.44. The third-order valence-electron chi connectivity index (χ3n) is 3.74. The summed E-state index contributed by atoms with van der Waals surface area (Å²) in [7, 11) is -0.829. The first-order chi connectivity index (χ1) is 10.6. The Bertz CT molecular complexity index is 684. The van der Waals surface area contributed by atoms with Crippen molar-refractivity contribution in [2.24, 2.45) is 5.92 Å². The summed E-state index contributed by atoms with van der Waals surface area (Å²) in [4.78, 5) is 14.6. The molecule has 1 aromatic carbocycles. The Hall–Kier alpha value is -1.95. The SMILES string of the molecule is C[C@@H]1CN(C(=O)c2ccnn2-c2ccccc2)CC[S@](=O)C1. The van der Waals surface area contributed by atoms with Crippen LogP contribution in [-0.2, 0) is 10.8 Å². The average Bonchev–Trinajstić information content (AvgIpc) is 2.94. The van der Waals surface area contributed by atoms with Crippen molar-refractivity contribution in [3.05, 3.63) is 48.3 Å². The van der Waals surface area contributed by atoms with Crippen LogP contribution in [0.1, 0.15) is 17.4 Å². The summed E-state index contributed by atoms with van der Waals surface area (Å²) in [5.41, 5.74) is 1.41. The summed E-state index contributed by atoms with van der Waals surface area (Å²) in [5, 5.41) is 4.27. The standard InChI is InChI=1S/C16H19N3O2S/c1-13-11-18(9-10-22(21)12-13)16(20)15-7-8-17-19(15)14-5-3-2-4-6-14/h2-8,13H,9-12H2,1H3/t13-,22+/m1/s1. The van der Waals surface area contributed by atoms with Crippen LogP contribution in [0.3, 0.4) is 0 Å². The summed E-state index contributed by atoms with van der Waals surface area (Å²) in [6.07, 6.45) is 1.64. The van der Waals surface area contributed by atoms with E-state index in [1.165, 1.54) is 0 Å². The van der Waals surface area contributed by atoms with Gasteiger partial charge in [0.05, 0.1) is 11.9 Å². The molecule has 0 unspecified atom stereocenters. The maximum absolute atomic E-state index is 12.8. The molecular weight excluding hydrogens is 298 g/mol. The van der Waals surface area contributed by atoms with Gasteiger partial charge in [0.25, 0.3) is 5.91 Å². The third-order valence-corrected chi connectivity index (χ3v) is 5.32. The van der Waals surface area contributed by atoms with Gasteiger partial charge in [-0.25, -0.2) is 4.68 Å². The van der Waals surface area contributed by atoms with E-state index in [0.29, 0.717) is 30.3 Å². The number of rotatable bonds is 2. The van der Waals surface area contributed by atoms with Crippen molar-refractivity contribution in [3.8, 4) is 5.69 Å². The highest BCUT2D eigenvalue weighted by Gasteiger charge is 2.25. The molecule has 0 saturated carbocycles. The smallest absolute Gasteiger partial charge is 0.272 e. The van der Waals surface area contributed by atoms with Gasteiger partial charge in [-0.05, 0) is 24.1 Å². The van der Waals surface area contributed by atoms with Crippen LogP contribution >= 0.6 is 0 Å². The zero-order valence-electron chi connectivity index (χ0n) is 12.5. The lowest BCUT2D eigenvalue weighted by atomic mass is 10.2. The Morgan fingerprint density at radius 3 is 2.82 bits per heavy atom. The highest BCUT2D eigenvalue weighted by Crippen LogP contribution is 2.15. The maximum Gasteiger partial charge on any atom is 0.272 e. The zero-order valence-corrected chi connectivity index (χ0v) is 13.3. The number of carbonyl (C=O) groups is 1. The van der Waals surface area contributed by atoms with Crippen LogP contribution < -0.4 is 0 Å². The average molecular weight is 317 g/mol. The maximum atomic E-state index is 12.8. The van der Waals surface area contributed by atoms with Crippen LogP contribution in [0.25, 0.3) is 5.69 Å². The molecule has 0 spiro atoms. The number of amides is 1. The molecule has 1 aliphatic heterocycles. The molecule has 0 bridgehead atoms. The third kappa shape index (κ3) is 3.11. The lowest BCUT2D eigenvalue weighted by molar-refractivity contribution is 0.0742. The largest absolute Gasteiger partial charge is 0.336 e. The normalized spacial score (nSPS) is 22.3. The van der Waals surface area contributed by atoms with Crippen molar-refractivity contribution in [1.82, 2.24) is 14.7 Å². The molecule has 2 atom stereocenters. The molecule has 1 aliphatic rings. The van der Waals surface area contributed by atoms with Crippen LogP contribution in [0.4, 0.5) is 0 Å². The van der Waals surface area contributed by atoms with E-state index in [1.807, 2.05) is 37.3 Å². The van der Waals surface area contributed by atoms with Gasteiger partial charge in [0.2, 0.25) is 0 Å². The number of aromatic nitrogens is 2. The summed E-state index contributed by atoms with van der Waals surface area (Å²) in [6, 6.07) is 11.3. The molecule has 0 aliphatic carbocycles. The summed E-state index contributed by atoms with van der Waals surface area (Å²) in [6.45, 7) is 3.22. The summed E-state index contributed by atoms with van der Waals surface area (Å²) < 4.78 is 13.5. The van der Waals surface area contributed by atoms with Gasteiger partial charge in [0.15, 0.2) is 0 Å². The fourth-order valence-corrected chi connectivity index (χ4v) is 4.05. The van der Waals surface area contributed by atoms with E-state index in [-0.39, 0.29) is 11.8 Å². The highest BCUT2D eigenvalue weighted by molar-refractivity contribution is 7.85. The van der Waals surface area contributed by atoms with Crippen LogP contribution in [0.5, 0.6) is 0 Å². The Morgan fingerprint density at radius 1 is 1.27 bits per heavy atom. The monoisotopic (exact) mass is 317 g/mol. The first-order valence-electron chi connectivity index (χ1n) is 7.39. The molecule has 5 nitrogen and oxygen atoms in total. The van der Waals surface area contributed by atoms with Crippen molar-refractivity contribution < 1.29 is 9.00 Å². The molecule has 2 aromatic rings. The van der Waals surface area contributed by atoms with Gasteiger partial charge >= 0.3 is 0 Å². The minimum absolute atomic E-state index is 0.0490. The van der Waals surface area contributed by atoms with Gasteiger partial charge in [0, 0.05) is 35.4 Å².